The van der Waals surface area contributed by atoms with Gasteiger partial charge in [0.1, 0.15) is 0 Å². The first-order valence-electron chi connectivity index (χ1n) is 7.27. The first-order valence-corrected chi connectivity index (χ1v) is 7.27. The summed E-state index contributed by atoms with van der Waals surface area (Å²) in [5.41, 5.74) is 1.87. The van der Waals surface area contributed by atoms with E-state index in [1.807, 2.05) is 29.2 Å². The number of unbranched alkanes of at least 4 members (excludes halogenated alkanes) is 3. The van der Waals surface area contributed by atoms with Gasteiger partial charge in [-0.25, -0.2) is 0 Å². The molecule has 0 bridgehead atoms. The molecule has 1 heterocycles. The van der Waals surface area contributed by atoms with Gasteiger partial charge in [-0.3, -0.25) is 4.79 Å². The van der Waals surface area contributed by atoms with E-state index >= 15 is 0 Å². The van der Waals surface area contributed by atoms with E-state index in [1.165, 1.54) is 0 Å². The normalized spacial score (nSPS) is 13.4. The minimum atomic E-state index is 0.124. The van der Waals surface area contributed by atoms with Crippen molar-refractivity contribution in [3.05, 3.63) is 42.0 Å². The minimum Gasteiger partial charge on any atom is -0.396 e. The van der Waals surface area contributed by atoms with Crippen LogP contribution in [0.4, 0.5) is 5.69 Å². The summed E-state index contributed by atoms with van der Waals surface area (Å²) in [6, 6.07) is 12.0. The molecule has 0 saturated carbocycles. The van der Waals surface area contributed by atoms with E-state index < -0.39 is 0 Å². The predicted molar refractivity (Wildman–Crippen MR) is 81.2 cm³/mol. The fraction of sp³-hybridized carbons (Fsp3) is 0.353. The molecule has 1 amide bonds. The Hall–Kier alpha value is -1.87. The Labute approximate surface area is 118 Å². The number of carbonyl (C=O) groups excluding carboxylic acids is 1. The number of rotatable bonds is 6. The molecule has 0 spiro atoms. The molecule has 3 rings (SSSR count). The summed E-state index contributed by atoms with van der Waals surface area (Å²) in [5, 5.41) is 11.0. The molecule has 3 nitrogen and oxygen atoms in total. The van der Waals surface area contributed by atoms with E-state index in [9.17, 15) is 4.79 Å². The highest BCUT2D eigenvalue weighted by atomic mass is 16.2. The van der Waals surface area contributed by atoms with Crippen molar-refractivity contribution in [1.82, 2.24) is 0 Å². The molecule has 20 heavy (non-hydrogen) atoms. The van der Waals surface area contributed by atoms with Gasteiger partial charge in [-0.1, -0.05) is 37.1 Å². The van der Waals surface area contributed by atoms with E-state index in [0.717, 1.165) is 54.3 Å². The van der Waals surface area contributed by atoms with Crippen LogP contribution in [-0.2, 0) is 0 Å². The highest BCUT2D eigenvalue weighted by molar-refractivity contribution is 6.24. The van der Waals surface area contributed by atoms with Gasteiger partial charge in [-0.05, 0) is 30.4 Å². The van der Waals surface area contributed by atoms with Gasteiger partial charge in [0, 0.05) is 24.1 Å². The second kappa shape index (κ2) is 5.63. The van der Waals surface area contributed by atoms with Crippen molar-refractivity contribution < 1.29 is 9.90 Å². The molecule has 0 aliphatic carbocycles. The maximum Gasteiger partial charge on any atom is 0.258 e. The van der Waals surface area contributed by atoms with E-state index in [2.05, 4.69) is 12.1 Å². The van der Waals surface area contributed by atoms with Crippen molar-refractivity contribution >= 4 is 22.4 Å². The summed E-state index contributed by atoms with van der Waals surface area (Å²) in [7, 11) is 0. The molecular weight excluding hydrogens is 250 g/mol. The van der Waals surface area contributed by atoms with Crippen LogP contribution in [0.3, 0.4) is 0 Å². The van der Waals surface area contributed by atoms with Gasteiger partial charge in [-0.2, -0.15) is 0 Å². The number of hydrogen-bond donors (Lipinski definition) is 1. The zero-order valence-electron chi connectivity index (χ0n) is 11.5. The molecule has 0 unspecified atom stereocenters. The van der Waals surface area contributed by atoms with Crippen LogP contribution in [0, 0.1) is 0 Å². The Morgan fingerprint density at radius 1 is 0.950 bits per heavy atom. The lowest BCUT2D eigenvalue weighted by atomic mass is 10.1. The molecular formula is C17H19NO2. The smallest absolute Gasteiger partial charge is 0.258 e. The first kappa shape index (κ1) is 13.1. The van der Waals surface area contributed by atoms with Crippen molar-refractivity contribution in [3.63, 3.8) is 0 Å². The molecule has 0 radical (unpaired) electrons. The molecule has 104 valence electrons. The summed E-state index contributed by atoms with van der Waals surface area (Å²) in [6.45, 7) is 1.02. The summed E-state index contributed by atoms with van der Waals surface area (Å²) in [5.74, 6) is 0.124. The van der Waals surface area contributed by atoms with Crippen molar-refractivity contribution in [1.29, 1.82) is 0 Å². The van der Waals surface area contributed by atoms with Gasteiger partial charge < -0.3 is 10.0 Å². The van der Waals surface area contributed by atoms with Crippen LogP contribution in [0.5, 0.6) is 0 Å². The summed E-state index contributed by atoms with van der Waals surface area (Å²) in [6.07, 6.45) is 3.91. The Bertz CT molecular complexity index is 631. The minimum absolute atomic E-state index is 0.124. The quantitative estimate of drug-likeness (QED) is 0.817. The number of benzene rings is 2. The third-order valence-corrected chi connectivity index (χ3v) is 3.94. The molecule has 1 aliphatic heterocycles. The van der Waals surface area contributed by atoms with Gasteiger partial charge in [0.05, 0.1) is 5.69 Å². The second-order valence-corrected chi connectivity index (χ2v) is 5.28. The van der Waals surface area contributed by atoms with E-state index in [0.29, 0.717) is 0 Å². The molecule has 0 atom stereocenters. The fourth-order valence-corrected chi connectivity index (χ4v) is 2.94. The van der Waals surface area contributed by atoms with Gasteiger partial charge in [0.15, 0.2) is 0 Å². The molecule has 1 N–H and O–H groups in total. The fourth-order valence-electron chi connectivity index (χ4n) is 2.94. The van der Waals surface area contributed by atoms with Crippen LogP contribution < -0.4 is 4.90 Å². The molecule has 0 saturated heterocycles. The number of aliphatic hydroxyl groups excluding tert-OH is 1. The topological polar surface area (TPSA) is 40.5 Å². The standard InChI is InChI=1S/C17H19NO2/c19-12-4-2-1-3-11-18-15-10-6-8-13-7-5-9-14(16(13)15)17(18)20/h5-10,19H,1-4,11-12H2. The number of hydrogen-bond acceptors (Lipinski definition) is 2. The van der Waals surface area contributed by atoms with Crippen molar-refractivity contribution in [2.24, 2.45) is 0 Å². The molecule has 0 fully saturated rings. The number of carbonyl (C=O) groups is 1. The summed E-state index contributed by atoms with van der Waals surface area (Å²) < 4.78 is 0. The van der Waals surface area contributed by atoms with Crippen LogP contribution in [0.25, 0.3) is 10.8 Å². The van der Waals surface area contributed by atoms with Crippen LogP contribution in [0.1, 0.15) is 36.0 Å². The van der Waals surface area contributed by atoms with Gasteiger partial charge >= 0.3 is 0 Å². The zero-order chi connectivity index (χ0) is 13.9. The molecule has 3 heteroatoms. The molecule has 2 aromatic carbocycles. The predicted octanol–water partition coefficient (Wildman–Crippen LogP) is 3.35. The number of anilines is 1. The van der Waals surface area contributed by atoms with Crippen molar-refractivity contribution in [2.45, 2.75) is 25.7 Å². The second-order valence-electron chi connectivity index (χ2n) is 5.28. The lowest BCUT2D eigenvalue weighted by Gasteiger charge is -2.17. The van der Waals surface area contributed by atoms with Gasteiger partial charge in [0.2, 0.25) is 0 Å². The largest absolute Gasteiger partial charge is 0.396 e. The summed E-state index contributed by atoms with van der Waals surface area (Å²) in [4.78, 5) is 14.4. The van der Waals surface area contributed by atoms with Crippen LogP contribution >= 0.6 is 0 Å². The molecule has 2 aromatic rings. The average molecular weight is 269 g/mol. The number of aliphatic hydroxyl groups is 1. The third-order valence-electron chi connectivity index (χ3n) is 3.94. The third kappa shape index (κ3) is 2.18. The maximum atomic E-state index is 12.5. The van der Waals surface area contributed by atoms with Crippen LogP contribution in [-0.4, -0.2) is 24.2 Å². The number of amides is 1. The van der Waals surface area contributed by atoms with Gasteiger partial charge in [-0.15, -0.1) is 0 Å². The lowest BCUT2D eigenvalue weighted by Crippen LogP contribution is -2.27. The lowest BCUT2D eigenvalue weighted by molar-refractivity contribution is 0.0992. The Morgan fingerprint density at radius 2 is 1.70 bits per heavy atom. The van der Waals surface area contributed by atoms with Crippen molar-refractivity contribution in [2.75, 3.05) is 18.1 Å². The molecule has 0 aromatic heterocycles. The monoisotopic (exact) mass is 269 g/mol. The summed E-state index contributed by atoms with van der Waals surface area (Å²) >= 11 is 0. The van der Waals surface area contributed by atoms with Gasteiger partial charge in [0.25, 0.3) is 5.91 Å². The molecule has 1 aliphatic rings. The van der Waals surface area contributed by atoms with Crippen LogP contribution in [0.15, 0.2) is 36.4 Å². The first-order chi connectivity index (χ1) is 9.83. The SMILES string of the molecule is O=C1c2cccc3cccc(c23)N1CCCCCCO. The Balaban J connectivity index is 1.79. The van der Waals surface area contributed by atoms with Crippen LogP contribution in [0.2, 0.25) is 0 Å². The number of nitrogens with zero attached hydrogens (tertiary/aromatic N) is 1. The van der Waals surface area contributed by atoms with E-state index in [-0.39, 0.29) is 12.5 Å². The Morgan fingerprint density at radius 3 is 2.50 bits per heavy atom. The Kier molecular flexibility index (Phi) is 3.70. The zero-order valence-corrected chi connectivity index (χ0v) is 11.5. The highest BCUT2D eigenvalue weighted by Gasteiger charge is 2.28. The average Bonchev–Trinajstić information content (AvgIpc) is 2.75. The highest BCUT2D eigenvalue weighted by Crippen LogP contribution is 2.37. The van der Waals surface area contributed by atoms with Crippen molar-refractivity contribution in [3.8, 4) is 0 Å². The van der Waals surface area contributed by atoms with E-state index in [4.69, 9.17) is 5.11 Å². The van der Waals surface area contributed by atoms with E-state index in [1.54, 1.807) is 0 Å². The maximum absolute atomic E-state index is 12.5.